The van der Waals surface area contributed by atoms with Gasteiger partial charge in [-0.05, 0) is 6.92 Å². The highest BCUT2D eigenvalue weighted by Crippen LogP contribution is 2.08. The zero-order valence-electron chi connectivity index (χ0n) is 12.4. The molecule has 0 bridgehead atoms. The number of carbonyl (C=O) groups excluding carboxylic acids is 2. The Bertz CT molecular complexity index is 586. The molecule has 2 rings (SSSR count). The van der Waals surface area contributed by atoms with Crippen LogP contribution in [0.25, 0.3) is 0 Å². The second-order valence-electron chi connectivity index (χ2n) is 5.14. The van der Waals surface area contributed by atoms with Crippen LogP contribution in [0.1, 0.15) is 19.8 Å². The number of amides is 1. The van der Waals surface area contributed by atoms with Gasteiger partial charge in [0, 0.05) is 45.6 Å². The van der Waals surface area contributed by atoms with Crippen LogP contribution in [0.15, 0.2) is 17.1 Å². The van der Waals surface area contributed by atoms with Crippen LogP contribution < -0.4 is 10.5 Å². The number of piperidine rings is 1. The van der Waals surface area contributed by atoms with Crippen molar-refractivity contribution in [3.8, 4) is 0 Å². The van der Waals surface area contributed by atoms with Crippen molar-refractivity contribution in [3.63, 3.8) is 0 Å². The van der Waals surface area contributed by atoms with Crippen molar-refractivity contribution < 1.29 is 9.59 Å². The summed E-state index contributed by atoms with van der Waals surface area (Å²) in [5.74, 6) is 0.00925. The monoisotopic (exact) mass is 292 g/mol. The van der Waals surface area contributed by atoms with Gasteiger partial charge >= 0.3 is 0 Å². The third kappa shape index (κ3) is 3.68. The molecule has 0 spiro atoms. The van der Waals surface area contributed by atoms with E-state index in [1.165, 1.54) is 6.07 Å². The van der Waals surface area contributed by atoms with E-state index in [0.29, 0.717) is 25.9 Å². The normalized spacial score (nSPS) is 15.1. The Morgan fingerprint density at radius 3 is 2.57 bits per heavy atom. The van der Waals surface area contributed by atoms with Gasteiger partial charge in [-0.3, -0.25) is 14.4 Å². The van der Waals surface area contributed by atoms with Gasteiger partial charge < -0.3 is 9.80 Å². The van der Waals surface area contributed by atoms with E-state index in [0.717, 1.165) is 16.9 Å². The maximum absolute atomic E-state index is 12.1. The van der Waals surface area contributed by atoms with E-state index in [9.17, 15) is 14.4 Å². The molecule has 1 aromatic heterocycles. The van der Waals surface area contributed by atoms with Crippen molar-refractivity contribution in [3.05, 3.63) is 22.6 Å². The van der Waals surface area contributed by atoms with Crippen molar-refractivity contribution in [1.82, 2.24) is 14.7 Å². The van der Waals surface area contributed by atoms with E-state index in [1.54, 1.807) is 11.1 Å². The maximum Gasteiger partial charge on any atom is 0.269 e. The number of ketones is 1. The topological polar surface area (TPSA) is 75.5 Å². The number of Topliss-reactive ketones (excluding diaryl/α,β-unsaturated/α-hetero) is 1. The molecule has 7 heteroatoms. The third-order valence-electron chi connectivity index (χ3n) is 3.73. The smallest absolute Gasteiger partial charge is 0.269 e. The van der Waals surface area contributed by atoms with Crippen LogP contribution in [0.4, 0.5) is 5.69 Å². The van der Waals surface area contributed by atoms with Crippen LogP contribution in [0.3, 0.4) is 0 Å². The molecule has 0 saturated carbocycles. The molecule has 7 nitrogen and oxygen atoms in total. The van der Waals surface area contributed by atoms with E-state index in [4.69, 9.17) is 0 Å². The number of hydrogen-bond acceptors (Lipinski definition) is 5. The summed E-state index contributed by atoms with van der Waals surface area (Å²) in [4.78, 5) is 38.8. The Morgan fingerprint density at radius 1 is 1.33 bits per heavy atom. The first-order chi connectivity index (χ1) is 10.0. The minimum Gasteiger partial charge on any atom is -0.373 e. The molecule has 1 saturated heterocycles. The lowest BCUT2D eigenvalue weighted by molar-refractivity contribution is -0.135. The number of aromatic nitrogens is 2. The van der Waals surface area contributed by atoms with Gasteiger partial charge in [0.2, 0.25) is 5.91 Å². The number of rotatable bonds is 4. The van der Waals surface area contributed by atoms with Gasteiger partial charge in [0.05, 0.1) is 11.9 Å². The fraction of sp³-hybridized carbons (Fsp3) is 0.571. The Kier molecular flexibility index (Phi) is 4.72. The number of carbonyl (C=O) groups is 2. The summed E-state index contributed by atoms with van der Waals surface area (Å²) in [6, 6.07) is 1.48. The molecule has 0 N–H and O–H groups in total. The van der Waals surface area contributed by atoms with Gasteiger partial charge in [0.15, 0.2) is 0 Å². The highest BCUT2D eigenvalue weighted by molar-refractivity contribution is 5.83. The first kappa shape index (κ1) is 15.2. The summed E-state index contributed by atoms with van der Waals surface area (Å²) in [5, 5.41) is 4.05. The van der Waals surface area contributed by atoms with E-state index in [2.05, 4.69) is 5.10 Å². The van der Waals surface area contributed by atoms with E-state index in [-0.39, 0.29) is 23.8 Å². The predicted molar refractivity (Wildman–Crippen MR) is 78.3 cm³/mol. The number of anilines is 1. The standard InChI is InChI=1S/C14H20N4O3/c1-3-16(2)11-8-13(20)18(15-9-11)10-14(21)17-6-4-12(19)5-7-17/h8-9H,3-7,10H2,1-2H3. The molecule has 1 aliphatic rings. The fourth-order valence-corrected chi connectivity index (χ4v) is 2.17. The van der Waals surface area contributed by atoms with E-state index < -0.39 is 0 Å². The van der Waals surface area contributed by atoms with E-state index >= 15 is 0 Å². The molecular formula is C14H20N4O3. The average molecular weight is 292 g/mol. The van der Waals surface area contributed by atoms with Crippen LogP contribution in [0.2, 0.25) is 0 Å². The molecule has 2 heterocycles. The molecule has 0 atom stereocenters. The van der Waals surface area contributed by atoms with Crippen molar-refractivity contribution in [2.45, 2.75) is 26.3 Å². The molecular weight excluding hydrogens is 272 g/mol. The molecule has 0 aromatic carbocycles. The van der Waals surface area contributed by atoms with Gasteiger partial charge in [-0.25, -0.2) is 4.68 Å². The van der Waals surface area contributed by atoms with Crippen molar-refractivity contribution in [2.24, 2.45) is 0 Å². The van der Waals surface area contributed by atoms with Gasteiger partial charge in [0.25, 0.3) is 5.56 Å². The molecule has 1 amide bonds. The summed E-state index contributed by atoms with van der Waals surface area (Å²) in [5.41, 5.74) is 0.434. The minimum absolute atomic E-state index is 0.0802. The second kappa shape index (κ2) is 6.51. The molecule has 21 heavy (non-hydrogen) atoms. The molecule has 1 aromatic rings. The summed E-state index contributed by atoms with van der Waals surface area (Å²) in [6.07, 6.45) is 2.38. The Morgan fingerprint density at radius 2 is 2.00 bits per heavy atom. The lowest BCUT2D eigenvalue weighted by Gasteiger charge is -2.26. The molecule has 0 aliphatic carbocycles. The van der Waals surface area contributed by atoms with Gasteiger partial charge in [-0.1, -0.05) is 0 Å². The summed E-state index contributed by atoms with van der Waals surface area (Å²) >= 11 is 0. The lowest BCUT2D eigenvalue weighted by atomic mass is 10.1. The highest BCUT2D eigenvalue weighted by Gasteiger charge is 2.21. The third-order valence-corrected chi connectivity index (χ3v) is 3.73. The summed E-state index contributed by atoms with van der Waals surface area (Å²) < 4.78 is 1.16. The van der Waals surface area contributed by atoms with Gasteiger partial charge in [-0.2, -0.15) is 5.10 Å². The Balaban J connectivity index is 2.04. The van der Waals surface area contributed by atoms with Crippen molar-refractivity contribution in [2.75, 3.05) is 31.6 Å². The second-order valence-corrected chi connectivity index (χ2v) is 5.14. The quantitative estimate of drug-likeness (QED) is 0.774. The number of likely N-dealkylation sites (tertiary alicyclic amines) is 1. The largest absolute Gasteiger partial charge is 0.373 e. The zero-order chi connectivity index (χ0) is 15.4. The predicted octanol–water partition coefficient (Wildman–Crippen LogP) is -0.109. The maximum atomic E-state index is 12.1. The van der Waals surface area contributed by atoms with Crippen LogP contribution in [-0.4, -0.2) is 53.1 Å². The first-order valence-corrected chi connectivity index (χ1v) is 7.09. The summed E-state index contributed by atoms with van der Waals surface area (Å²) in [7, 11) is 1.87. The zero-order valence-corrected chi connectivity index (χ0v) is 12.4. The van der Waals surface area contributed by atoms with Crippen molar-refractivity contribution in [1.29, 1.82) is 0 Å². The molecule has 114 valence electrons. The minimum atomic E-state index is -0.297. The SMILES string of the molecule is CCN(C)c1cnn(CC(=O)N2CCC(=O)CC2)c(=O)c1. The van der Waals surface area contributed by atoms with Crippen LogP contribution in [0.5, 0.6) is 0 Å². The number of hydrogen-bond donors (Lipinski definition) is 0. The number of nitrogens with zero attached hydrogens (tertiary/aromatic N) is 4. The first-order valence-electron chi connectivity index (χ1n) is 7.09. The molecule has 1 aliphatic heterocycles. The van der Waals surface area contributed by atoms with Gasteiger partial charge in [-0.15, -0.1) is 0 Å². The molecule has 0 unspecified atom stereocenters. The molecule has 1 fully saturated rings. The Hall–Kier alpha value is -2.18. The summed E-state index contributed by atoms with van der Waals surface area (Å²) in [6.45, 7) is 3.54. The fourth-order valence-electron chi connectivity index (χ4n) is 2.17. The van der Waals surface area contributed by atoms with Crippen molar-refractivity contribution >= 4 is 17.4 Å². The lowest BCUT2D eigenvalue weighted by Crippen LogP contribution is -2.42. The van der Waals surface area contributed by atoms with Crippen LogP contribution in [-0.2, 0) is 16.1 Å². The Labute approximate surface area is 123 Å². The van der Waals surface area contributed by atoms with Crippen LogP contribution in [0, 0.1) is 0 Å². The highest BCUT2D eigenvalue weighted by atomic mass is 16.2. The van der Waals surface area contributed by atoms with Crippen LogP contribution >= 0.6 is 0 Å². The average Bonchev–Trinajstić information content (AvgIpc) is 2.49. The van der Waals surface area contributed by atoms with E-state index in [1.807, 2.05) is 18.9 Å². The molecule has 0 radical (unpaired) electrons. The van der Waals surface area contributed by atoms with Gasteiger partial charge in [0.1, 0.15) is 12.3 Å².